The molecule has 0 bridgehead atoms. The maximum absolute atomic E-state index is 11.7. The molecule has 0 spiro atoms. The van der Waals surface area contributed by atoms with Crippen molar-refractivity contribution in [3.05, 3.63) is 23.1 Å². The van der Waals surface area contributed by atoms with Gasteiger partial charge in [-0.2, -0.15) is 0 Å². The van der Waals surface area contributed by atoms with Crippen LogP contribution in [0.4, 0.5) is 0 Å². The Morgan fingerprint density at radius 2 is 2.29 bits per heavy atom. The first kappa shape index (κ1) is 12.0. The number of amides is 2. The van der Waals surface area contributed by atoms with Gasteiger partial charge in [-0.1, -0.05) is 0 Å². The van der Waals surface area contributed by atoms with Gasteiger partial charge in [0.15, 0.2) is 11.0 Å². The summed E-state index contributed by atoms with van der Waals surface area (Å²) in [5.41, 5.74) is 0. The van der Waals surface area contributed by atoms with Crippen LogP contribution < -0.4 is 10.6 Å². The highest BCUT2D eigenvalue weighted by molar-refractivity contribution is 6.29. The van der Waals surface area contributed by atoms with E-state index < -0.39 is 11.9 Å². The molecule has 0 aromatic carbocycles. The molecule has 6 heteroatoms. The zero-order valence-corrected chi connectivity index (χ0v) is 9.92. The SMILES string of the molecule is O=C(N[C@H]1CCCCNC1=O)c1ccc(Cl)o1. The minimum absolute atomic E-state index is 0.118. The molecule has 2 heterocycles. The summed E-state index contributed by atoms with van der Waals surface area (Å²) in [7, 11) is 0. The van der Waals surface area contributed by atoms with Crippen LogP contribution >= 0.6 is 11.6 Å². The first-order valence-corrected chi connectivity index (χ1v) is 5.88. The van der Waals surface area contributed by atoms with Crippen molar-refractivity contribution in [3.8, 4) is 0 Å². The number of hydrogen-bond donors (Lipinski definition) is 2. The Balaban J connectivity index is 1.99. The third kappa shape index (κ3) is 3.00. The average Bonchev–Trinajstić information content (AvgIpc) is 2.63. The highest BCUT2D eigenvalue weighted by Crippen LogP contribution is 2.13. The predicted molar refractivity (Wildman–Crippen MR) is 61.8 cm³/mol. The minimum atomic E-state index is -0.492. The van der Waals surface area contributed by atoms with Crippen LogP contribution in [0.5, 0.6) is 0 Å². The third-order valence-corrected chi connectivity index (χ3v) is 2.84. The van der Waals surface area contributed by atoms with Crippen molar-refractivity contribution in [1.29, 1.82) is 0 Å². The first-order valence-electron chi connectivity index (χ1n) is 5.51. The summed E-state index contributed by atoms with van der Waals surface area (Å²) in [5, 5.41) is 5.53. The molecular formula is C11H13ClN2O3. The number of nitrogens with one attached hydrogen (secondary N) is 2. The lowest BCUT2D eigenvalue weighted by Crippen LogP contribution is -2.45. The number of rotatable bonds is 2. The van der Waals surface area contributed by atoms with Crippen LogP contribution in [0.1, 0.15) is 29.8 Å². The van der Waals surface area contributed by atoms with Gasteiger partial charge < -0.3 is 15.1 Å². The zero-order valence-electron chi connectivity index (χ0n) is 9.16. The van der Waals surface area contributed by atoms with Gasteiger partial charge >= 0.3 is 0 Å². The highest BCUT2D eigenvalue weighted by Gasteiger charge is 2.23. The van der Waals surface area contributed by atoms with Crippen molar-refractivity contribution in [1.82, 2.24) is 10.6 Å². The molecule has 92 valence electrons. The second-order valence-electron chi connectivity index (χ2n) is 3.92. The van der Waals surface area contributed by atoms with Crippen LogP contribution in [-0.4, -0.2) is 24.4 Å². The lowest BCUT2D eigenvalue weighted by molar-refractivity contribution is -0.122. The summed E-state index contributed by atoms with van der Waals surface area (Å²) in [5.74, 6) is -0.445. The molecule has 5 nitrogen and oxygen atoms in total. The molecule has 2 N–H and O–H groups in total. The second kappa shape index (κ2) is 5.23. The van der Waals surface area contributed by atoms with Gasteiger partial charge in [0.1, 0.15) is 6.04 Å². The topological polar surface area (TPSA) is 71.3 Å². The van der Waals surface area contributed by atoms with Gasteiger partial charge in [0.2, 0.25) is 5.91 Å². The van der Waals surface area contributed by atoms with Crippen LogP contribution in [0.2, 0.25) is 5.22 Å². The molecule has 17 heavy (non-hydrogen) atoms. The van der Waals surface area contributed by atoms with Gasteiger partial charge in [-0.25, -0.2) is 0 Å². The molecule has 1 fully saturated rings. The van der Waals surface area contributed by atoms with Gasteiger partial charge in [0.25, 0.3) is 5.91 Å². The number of furan rings is 1. The summed E-state index contributed by atoms with van der Waals surface area (Å²) in [6.07, 6.45) is 2.49. The van der Waals surface area contributed by atoms with E-state index in [0.29, 0.717) is 13.0 Å². The summed E-state index contributed by atoms with van der Waals surface area (Å²) in [6.45, 7) is 0.664. The normalized spacial score (nSPS) is 20.5. The molecule has 1 saturated heterocycles. The smallest absolute Gasteiger partial charge is 0.287 e. The molecule has 1 aromatic heterocycles. The Morgan fingerprint density at radius 1 is 1.47 bits per heavy atom. The van der Waals surface area contributed by atoms with Crippen LogP contribution in [0.15, 0.2) is 16.5 Å². The lowest BCUT2D eigenvalue weighted by atomic mass is 10.1. The largest absolute Gasteiger partial charge is 0.440 e. The van der Waals surface area contributed by atoms with Crippen LogP contribution in [-0.2, 0) is 4.79 Å². The third-order valence-electron chi connectivity index (χ3n) is 2.64. The van der Waals surface area contributed by atoms with Crippen molar-refractivity contribution < 1.29 is 14.0 Å². The Hall–Kier alpha value is -1.49. The molecule has 0 saturated carbocycles. The van der Waals surface area contributed by atoms with E-state index in [2.05, 4.69) is 10.6 Å². The Kier molecular flexibility index (Phi) is 3.68. The number of carbonyl (C=O) groups is 2. The summed E-state index contributed by atoms with van der Waals surface area (Å²) in [4.78, 5) is 23.3. The van der Waals surface area contributed by atoms with Crippen LogP contribution in [0, 0.1) is 0 Å². The van der Waals surface area contributed by atoms with Crippen molar-refractivity contribution in [2.75, 3.05) is 6.54 Å². The van der Waals surface area contributed by atoms with E-state index in [0.717, 1.165) is 12.8 Å². The van der Waals surface area contributed by atoms with Gasteiger partial charge in [-0.15, -0.1) is 0 Å². The highest BCUT2D eigenvalue weighted by atomic mass is 35.5. The second-order valence-corrected chi connectivity index (χ2v) is 4.29. The fourth-order valence-electron chi connectivity index (χ4n) is 1.74. The van der Waals surface area contributed by atoms with Crippen LogP contribution in [0.25, 0.3) is 0 Å². The van der Waals surface area contributed by atoms with Crippen molar-refractivity contribution in [2.45, 2.75) is 25.3 Å². The number of carbonyl (C=O) groups excluding carboxylic acids is 2. The van der Waals surface area contributed by atoms with E-state index in [1.807, 2.05) is 0 Å². The zero-order chi connectivity index (χ0) is 12.3. The molecule has 0 radical (unpaired) electrons. The summed E-state index contributed by atoms with van der Waals surface area (Å²) in [6, 6.07) is 2.48. The molecule has 2 rings (SSSR count). The van der Waals surface area contributed by atoms with E-state index >= 15 is 0 Å². The maximum atomic E-state index is 11.7. The summed E-state index contributed by atoms with van der Waals surface area (Å²) >= 11 is 5.58. The van der Waals surface area contributed by atoms with E-state index in [1.165, 1.54) is 12.1 Å². The van der Waals surface area contributed by atoms with Crippen molar-refractivity contribution >= 4 is 23.4 Å². The van der Waals surface area contributed by atoms with Gasteiger partial charge in [-0.05, 0) is 43.0 Å². The minimum Gasteiger partial charge on any atom is -0.440 e. The van der Waals surface area contributed by atoms with Gasteiger partial charge in [0, 0.05) is 6.54 Å². The van der Waals surface area contributed by atoms with Crippen LogP contribution in [0.3, 0.4) is 0 Å². The monoisotopic (exact) mass is 256 g/mol. The van der Waals surface area contributed by atoms with Gasteiger partial charge in [-0.3, -0.25) is 9.59 Å². The Labute approximate surface area is 104 Å². The average molecular weight is 257 g/mol. The molecule has 1 aliphatic rings. The van der Waals surface area contributed by atoms with E-state index in [-0.39, 0.29) is 16.9 Å². The molecule has 2 amide bonds. The standard InChI is InChI=1S/C11H13ClN2O3/c12-9-5-4-8(17-9)11(16)14-7-3-1-2-6-13-10(7)15/h4-5,7H,1-3,6H2,(H,13,15)(H,14,16)/t7-/m0/s1. The van der Waals surface area contributed by atoms with E-state index in [1.54, 1.807) is 0 Å². The number of halogens is 1. The molecule has 1 aromatic rings. The van der Waals surface area contributed by atoms with E-state index in [4.69, 9.17) is 16.0 Å². The molecule has 0 unspecified atom stereocenters. The lowest BCUT2D eigenvalue weighted by Gasteiger charge is -2.13. The van der Waals surface area contributed by atoms with E-state index in [9.17, 15) is 9.59 Å². The molecule has 1 aliphatic heterocycles. The molecular weight excluding hydrogens is 244 g/mol. The van der Waals surface area contributed by atoms with Gasteiger partial charge in [0.05, 0.1) is 0 Å². The first-order chi connectivity index (χ1) is 8.16. The predicted octanol–water partition coefficient (Wildman–Crippen LogP) is 1.33. The molecule has 1 atom stereocenters. The Bertz CT molecular complexity index is 430. The quantitative estimate of drug-likeness (QED) is 0.839. The fraction of sp³-hybridized carbons (Fsp3) is 0.455. The summed E-state index contributed by atoms with van der Waals surface area (Å²) < 4.78 is 4.97. The fourth-order valence-corrected chi connectivity index (χ4v) is 1.89. The Morgan fingerprint density at radius 3 is 3.00 bits per heavy atom. The van der Waals surface area contributed by atoms with Crippen molar-refractivity contribution in [2.24, 2.45) is 0 Å². The maximum Gasteiger partial charge on any atom is 0.287 e. The van der Waals surface area contributed by atoms with Crippen molar-refractivity contribution in [3.63, 3.8) is 0 Å². The molecule has 0 aliphatic carbocycles. The number of hydrogen-bond acceptors (Lipinski definition) is 3.